The summed E-state index contributed by atoms with van der Waals surface area (Å²) >= 11 is 1.09. The SMILES string of the molecule is C=C(C)CN(c1cc2c(cc1OCc1ccc(C(=O)O)cc1)CCC2)S(=O)(=O)c1nc(C)cs1. The van der Waals surface area contributed by atoms with Crippen LogP contribution in [0.4, 0.5) is 5.69 Å². The monoisotopic (exact) mass is 498 g/mol. The third kappa shape index (κ3) is 5.00. The van der Waals surface area contributed by atoms with Crippen molar-refractivity contribution in [2.75, 3.05) is 10.8 Å². The van der Waals surface area contributed by atoms with E-state index in [1.54, 1.807) is 31.4 Å². The Balaban J connectivity index is 1.73. The summed E-state index contributed by atoms with van der Waals surface area (Å²) in [4.78, 5) is 15.3. The summed E-state index contributed by atoms with van der Waals surface area (Å²) in [5.41, 5.74) is 5.03. The quantitative estimate of drug-likeness (QED) is 0.418. The molecule has 1 N–H and O–H groups in total. The molecule has 1 aromatic heterocycles. The van der Waals surface area contributed by atoms with Crippen LogP contribution in [-0.2, 0) is 29.5 Å². The molecular weight excluding hydrogens is 472 g/mol. The van der Waals surface area contributed by atoms with Gasteiger partial charge in [-0.15, -0.1) is 11.3 Å². The maximum atomic E-state index is 13.6. The zero-order valence-electron chi connectivity index (χ0n) is 19.1. The first-order valence-electron chi connectivity index (χ1n) is 10.8. The van der Waals surface area contributed by atoms with Crippen molar-refractivity contribution in [2.45, 2.75) is 44.1 Å². The second kappa shape index (κ2) is 9.60. The number of carboxylic acid groups (broad SMARTS) is 1. The van der Waals surface area contributed by atoms with Gasteiger partial charge in [0.05, 0.1) is 17.8 Å². The van der Waals surface area contributed by atoms with Crippen molar-refractivity contribution in [3.63, 3.8) is 0 Å². The molecule has 0 bridgehead atoms. The van der Waals surface area contributed by atoms with Crippen LogP contribution in [0, 0.1) is 6.92 Å². The predicted octanol–water partition coefficient (Wildman–Crippen LogP) is 4.99. The van der Waals surface area contributed by atoms with Gasteiger partial charge >= 0.3 is 5.97 Å². The standard InChI is InChI=1S/C25H26N2O5S2/c1-16(2)13-27(34(30,31)25-26-17(3)15-33-25)22-11-20-5-4-6-21(20)12-23(22)32-14-18-7-9-19(10-8-18)24(28)29/h7-12,15H,1,4-6,13-14H2,2-3H3,(H,28,29). The fourth-order valence-corrected chi connectivity index (χ4v) is 6.55. The van der Waals surface area contributed by atoms with Gasteiger partial charge in [0.1, 0.15) is 12.4 Å². The minimum atomic E-state index is -3.93. The summed E-state index contributed by atoms with van der Waals surface area (Å²) in [7, 11) is -3.93. The smallest absolute Gasteiger partial charge is 0.335 e. The van der Waals surface area contributed by atoms with Crippen molar-refractivity contribution in [3.05, 3.63) is 81.9 Å². The summed E-state index contributed by atoms with van der Waals surface area (Å²) in [6, 6.07) is 10.3. The van der Waals surface area contributed by atoms with Gasteiger partial charge in [-0.3, -0.25) is 4.31 Å². The first kappa shape index (κ1) is 24.0. The summed E-state index contributed by atoms with van der Waals surface area (Å²) < 4.78 is 34.8. The Kier molecular flexibility index (Phi) is 6.77. The Bertz CT molecular complexity index is 1340. The zero-order chi connectivity index (χ0) is 24.5. The number of ether oxygens (including phenoxy) is 1. The van der Waals surface area contributed by atoms with Crippen LogP contribution in [0.25, 0.3) is 0 Å². The van der Waals surface area contributed by atoms with E-state index in [9.17, 15) is 13.2 Å². The van der Waals surface area contributed by atoms with Gasteiger partial charge < -0.3 is 9.84 Å². The Morgan fingerprint density at radius 2 is 1.88 bits per heavy atom. The lowest BCUT2D eigenvalue weighted by Crippen LogP contribution is -2.33. The van der Waals surface area contributed by atoms with Gasteiger partial charge in [-0.1, -0.05) is 24.3 Å². The van der Waals surface area contributed by atoms with Gasteiger partial charge in [0.25, 0.3) is 10.0 Å². The van der Waals surface area contributed by atoms with E-state index in [0.29, 0.717) is 22.7 Å². The van der Waals surface area contributed by atoms with E-state index in [-0.39, 0.29) is 23.1 Å². The highest BCUT2D eigenvalue weighted by atomic mass is 32.2. The molecule has 0 fully saturated rings. The number of aryl methyl sites for hydroxylation is 3. The lowest BCUT2D eigenvalue weighted by Gasteiger charge is -2.26. The topological polar surface area (TPSA) is 96.8 Å². The number of hydrogen-bond donors (Lipinski definition) is 1. The highest BCUT2D eigenvalue weighted by molar-refractivity contribution is 7.94. The molecule has 9 heteroatoms. The number of nitrogens with zero attached hydrogens (tertiary/aromatic N) is 2. The van der Waals surface area contributed by atoms with Crippen molar-refractivity contribution < 1.29 is 23.1 Å². The number of aromatic nitrogens is 1. The molecule has 3 aromatic rings. The van der Waals surface area contributed by atoms with Crippen LogP contribution in [0.15, 0.2) is 58.3 Å². The maximum absolute atomic E-state index is 13.6. The van der Waals surface area contributed by atoms with E-state index < -0.39 is 16.0 Å². The molecule has 0 amide bonds. The molecular formula is C25H26N2O5S2. The summed E-state index contributed by atoms with van der Waals surface area (Å²) in [6.07, 6.45) is 2.81. The van der Waals surface area contributed by atoms with Crippen molar-refractivity contribution in [1.82, 2.24) is 4.98 Å². The summed E-state index contributed by atoms with van der Waals surface area (Å²) in [5, 5.41) is 10.8. The Hall–Kier alpha value is -3.17. The van der Waals surface area contributed by atoms with E-state index in [0.717, 1.165) is 47.3 Å². The zero-order valence-corrected chi connectivity index (χ0v) is 20.7. The third-order valence-corrected chi connectivity index (χ3v) is 8.67. The minimum Gasteiger partial charge on any atom is -0.487 e. The molecule has 0 spiro atoms. The minimum absolute atomic E-state index is 0.0296. The molecule has 0 aliphatic heterocycles. The van der Waals surface area contributed by atoms with E-state index in [1.807, 2.05) is 12.1 Å². The number of thiazole rings is 1. The molecule has 4 rings (SSSR count). The number of aromatic carboxylic acids is 1. The number of sulfonamides is 1. The van der Waals surface area contributed by atoms with Gasteiger partial charge in [-0.05, 0) is 74.1 Å². The molecule has 2 aromatic carbocycles. The fraction of sp³-hybridized carbons (Fsp3) is 0.280. The van der Waals surface area contributed by atoms with Gasteiger partial charge in [0.2, 0.25) is 4.34 Å². The van der Waals surface area contributed by atoms with Gasteiger partial charge in [0.15, 0.2) is 0 Å². The lowest BCUT2D eigenvalue weighted by atomic mass is 10.1. The molecule has 1 aliphatic rings. The van der Waals surface area contributed by atoms with E-state index in [1.165, 1.54) is 16.4 Å². The second-order valence-corrected chi connectivity index (χ2v) is 11.4. The fourth-order valence-electron chi connectivity index (χ4n) is 3.89. The van der Waals surface area contributed by atoms with Gasteiger partial charge in [0, 0.05) is 11.1 Å². The number of carboxylic acids is 1. The van der Waals surface area contributed by atoms with Crippen LogP contribution in [0.5, 0.6) is 5.75 Å². The van der Waals surface area contributed by atoms with E-state index >= 15 is 0 Å². The first-order chi connectivity index (χ1) is 16.1. The molecule has 0 radical (unpaired) electrons. The number of anilines is 1. The van der Waals surface area contributed by atoms with Crippen molar-refractivity contribution in [3.8, 4) is 5.75 Å². The normalized spacial score (nSPS) is 12.9. The van der Waals surface area contributed by atoms with E-state index in [2.05, 4.69) is 11.6 Å². The molecule has 1 aliphatic carbocycles. The number of carbonyl (C=O) groups is 1. The third-order valence-electron chi connectivity index (χ3n) is 5.56. The van der Waals surface area contributed by atoms with Crippen LogP contribution in [0.3, 0.4) is 0 Å². The largest absolute Gasteiger partial charge is 0.487 e. The van der Waals surface area contributed by atoms with Gasteiger partial charge in [-0.2, -0.15) is 8.42 Å². The van der Waals surface area contributed by atoms with Crippen molar-refractivity contribution in [1.29, 1.82) is 0 Å². The Morgan fingerprint density at radius 1 is 1.21 bits per heavy atom. The number of fused-ring (bicyclic) bond motifs is 1. The molecule has 7 nitrogen and oxygen atoms in total. The molecule has 178 valence electrons. The first-order valence-corrected chi connectivity index (χ1v) is 13.2. The molecule has 1 heterocycles. The van der Waals surface area contributed by atoms with E-state index in [4.69, 9.17) is 9.84 Å². The van der Waals surface area contributed by atoms with Crippen molar-refractivity contribution in [2.24, 2.45) is 0 Å². The number of benzene rings is 2. The average Bonchev–Trinajstić information content (AvgIpc) is 3.44. The highest BCUT2D eigenvalue weighted by Crippen LogP contribution is 2.39. The molecule has 0 unspecified atom stereocenters. The molecule has 34 heavy (non-hydrogen) atoms. The van der Waals surface area contributed by atoms with Crippen LogP contribution in [-0.4, -0.2) is 31.0 Å². The molecule has 0 saturated carbocycles. The van der Waals surface area contributed by atoms with Crippen molar-refractivity contribution >= 4 is 33.0 Å². The van der Waals surface area contributed by atoms with Crippen LogP contribution in [0.2, 0.25) is 0 Å². The second-order valence-electron chi connectivity index (χ2n) is 8.46. The molecule has 0 saturated heterocycles. The Morgan fingerprint density at radius 3 is 2.47 bits per heavy atom. The number of rotatable bonds is 9. The summed E-state index contributed by atoms with van der Waals surface area (Å²) in [5.74, 6) is -0.535. The molecule has 0 atom stereocenters. The van der Waals surface area contributed by atoms with Crippen LogP contribution >= 0.6 is 11.3 Å². The predicted molar refractivity (Wildman–Crippen MR) is 132 cm³/mol. The van der Waals surface area contributed by atoms with Crippen LogP contribution < -0.4 is 9.04 Å². The average molecular weight is 499 g/mol. The Labute approximate surface area is 203 Å². The highest BCUT2D eigenvalue weighted by Gasteiger charge is 2.31. The summed E-state index contributed by atoms with van der Waals surface area (Å²) in [6.45, 7) is 7.76. The van der Waals surface area contributed by atoms with Crippen LogP contribution in [0.1, 0.15) is 46.1 Å². The number of hydrogen-bond acceptors (Lipinski definition) is 6. The lowest BCUT2D eigenvalue weighted by molar-refractivity contribution is 0.0697. The maximum Gasteiger partial charge on any atom is 0.335 e. The van der Waals surface area contributed by atoms with Gasteiger partial charge in [-0.25, -0.2) is 9.78 Å².